The van der Waals surface area contributed by atoms with E-state index >= 15 is 0 Å². The second-order valence-corrected chi connectivity index (χ2v) is 3.44. The minimum absolute atomic E-state index is 0.0676. The van der Waals surface area contributed by atoms with Crippen LogP contribution in [0.1, 0.15) is 17.4 Å². The molecule has 0 aromatic carbocycles. The lowest BCUT2D eigenvalue weighted by atomic mass is 10.2. The standard InChI is InChI=1S/C11H11FN4O2/c1-2-18-11(17)10-8(13)9(15-16-10)7-4-3-6(12)5-14-7/h3-5H,2,13H2,1H3,(H,15,16). The van der Waals surface area contributed by atoms with Gasteiger partial charge in [-0.2, -0.15) is 5.10 Å². The summed E-state index contributed by atoms with van der Waals surface area (Å²) in [7, 11) is 0. The Balaban J connectivity index is 2.36. The minimum Gasteiger partial charge on any atom is -0.461 e. The van der Waals surface area contributed by atoms with E-state index in [1.807, 2.05) is 0 Å². The Morgan fingerprint density at radius 3 is 2.94 bits per heavy atom. The first-order chi connectivity index (χ1) is 8.63. The topological polar surface area (TPSA) is 93.9 Å². The summed E-state index contributed by atoms with van der Waals surface area (Å²) >= 11 is 0. The van der Waals surface area contributed by atoms with Gasteiger partial charge in [0.05, 0.1) is 24.2 Å². The summed E-state index contributed by atoms with van der Waals surface area (Å²) in [6.45, 7) is 1.92. The molecule has 0 amide bonds. The van der Waals surface area contributed by atoms with E-state index in [4.69, 9.17) is 10.5 Å². The first kappa shape index (κ1) is 12.0. The normalized spacial score (nSPS) is 10.3. The van der Waals surface area contributed by atoms with E-state index in [-0.39, 0.29) is 23.7 Å². The highest BCUT2D eigenvalue weighted by Crippen LogP contribution is 2.24. The third-order valence-electron chi connectivity index (χ3n) is 2.25. The van der Waals surface area contributed by atoms with Crippen molar-refractivity contribution in [3.63, 3.8) is 0 Å². The van der Waals surface area contributed by atoms with Gasteiger partial charge in [0.15, 0.2) is 5.69 Å². The predicted octanol–water partition coefficient (Wildman–Crippen LogP) is 1.37. The number of hydrogen-bond acceptors (Lipinski definition) is 5. The highest BCUT2D eigenvalue weighted by molar-refractivity contribution is 5.96. The van der Waals surface area contributed by atoms with Crippen LogP contribution in [0.3, 0.4) is 0 Å². The number of nitrogen functional groups attached to an aromatic ring is 1. The van der Waals surface area contributed by atoms with Crippen molar-refractivity contribution < 1.29 is 13.9 Å². The number of pyridine rings is 1. The van der Waals surface area contributed by atoms with E-state index in [9.17, 15) is 9.18 Å². The highest BCUT2D eigenvalue weighted by atomic mass is 19.1. The Labute approximate surface area is 102 Å². The van der Waals surface area contributed by atoms with E-state index < -0.39 is 11.8 Å². The molecule has 0 spiro atoms. The third-order valence-corrected chi connectivity index (χ3v) is 2.25. The number of hydrogen-bond donors (Lipinski definition) is 2. The molecule has 0 atom stereocenters. The molecule has 2 aromatic heterocycles. The van der Waals surface area contributed by atoms with Crippen LogP contribution in [-0.2, 0) is 4.74 Å². The van der Waals surface area contributed by atoms with Gasteiger partial charge in [-0.25, -0.2) is 9.18 Å². The fraction of sp³-hybridized carbons (Fsp3) is 0.182. The number of carbonyl (C=O) groups is 1. The lowest BCUT2D eigenvalue weighted by Crippen LogP contribution is -2.07. The van der Waals surface area contributed by atoms with Crippen molar-refractivity contribution in [1.82, 2.24) is 15.2 Å². The van der Waals surface area contributed by atoms with Gasteiger partial charge in [0.25, 0.3) is 0 Å². The van der Waals surface area contributed by atoms with Crippen molar-refractivity contribution in [2.45, 2.75) is 6.92 Å². The average Bonchev–Trinajstić information content (AvgIpc) is 2.73. The van der Waals surface area contributed by atoms with Crippen molar-refractivity contribution in [3.05, 3.63) is 29.8 Å². The molecule has 2 rings (SSSR count). The Kier molecular flexibility index (Phi) is 3.22. The summed E-state index contributed by atoms with van der Waals surface area (Å²) in [5.74, 6) is -1.05. The fourth-order valence-corrected chi connectivity index (χ4v) is 1.42. The molecule has 18 heavy (non-hydrogen) atoms. The van der Waals surface area contributed by atoms with Crippen molar-refractivity contribution in [2.24, 2.45) is 0 Å². The number of halogens is 1. The lowest BCUT2D eigenvalue weighted by molar-refractivity contribution is 0.0520. The second kappa shape index (κ2) is 4.82. The molecule has 0 saturated heterocycles. The average molecular weight is 250 g/mol. The number of carbonyl (C=O) groups excluding carboxylic acids is 1. The van der Waals surface area contributed by atoms with E-state index in [1.165, 1.54) is 12.1 Å². The SMILES string of the molecule is CCOC(=O)c1[nH]nc(-c2ccc(F)cn2)c1N. The maximum absolute atomic E-state index is 12.7. The molecule has 2 aromatic rings. The molecule has 94 valence electrons. The Bertz CT molecular complexity index is 565. The minimum atomic E-state index is -0.587. The van der Waals surface area contributed by atoms with Crippen LogP contribution in [0.15, 0.2) is 18.3 Å². The van der Waals surface area contributed by atoms with Gasteiger partial charge in [-0.15, -0.1) is 0 Å². The number of nitrogens with one attached hydrogen (secondary N) is 1. The molecule has 0 aliphatic rings. The molecule has 0 radical (unpaired) electrons. The number of nitrogens with zero attached hydrogens (tertiary/aromatic N) is 2. The second-order valence-electron chi connectivity index (χ2n) is 3.44. The van der Waals surface area contributed by atoms with Crippen LogP contribution < -0.4 is 5.73 Å². The van der Waals surface area contributed by atoms with Crippen molar-refractivity contribution in [3.8, 4) is 11.4 Å². The molecule has 0 aliphatic carbocycles. The number of aromatic amines is 1. The van der Waals surface area contributed by atoms with Crippen molar-refractivity contribution in [2.75, 3.05) is 12.3 Å². The largest absolute Gasteiger partial charge is 0.461 e. The van der Waals surface area contributed by atoms with Crippen LogP contribution in [0.25, 0.3) is 11.4 Å². The van der Waals surface area contributed by atoms with Gasteiger partial charge < -0.3 is 10.5 Å². The van der Waals surface area contributed by atoms with Gasteiger partial charge in [0.2, 0.25) is 0 Å². The summed E-state index contributed by atoms with van der Waals surface area (Å²) in [6.07, 6.45) is 1.05. The van der Waals surface area contributed by atoms with Gasteiger partial charge in [0, 0.05) is 0 Å². The number of esters is 1. The maximum Gasteiger partial charge on any atom is 0.358 e. The van der Waals surface area contributed by atoms with Gasteiger partial charge in [-0.3, -0.25) is 10.1 Å². The molecule has 0 fully saturated rings. The van der Waals surface area contributed by atoms with Gasteiger partial charge in [-0.05, 0) is 19.1 Å². The third kappa shape index (κ3) is 2.15. The summed E-state index contributed by atoms with van der Waals surface area (Å²) in [6, 6.07) is 2.66. The molecule has 0 saturated carbocycles. The predicted molar refractivity (Wildman–Crippen MR) is 62.1 cm³/mol. The zero-order chi connectivity index (χ0) is 13.1. The van der Waals surface area contributed by atoms with E-state index in [0.717, 1.165) is 6.20 Å². The number of nitrogens with two attached hydrogens (primary N) is 1. The molecule has 0 bridgehead atoms. The smallest absolute Gasteiger partial charge is 0.358 e. The number of anilines is 1. The lowest BCUT2D eigenvalue weighted by Gasteiger charge is -2.00. The van der Waals surface area contributed by atoms with Gasteiger partial charge >= 0.3 is 5.97 Å². The summed E-state index contributed by atoms with van der Waals surface area (Å²) in [4.78, 5) is 15.3. The van der Waals surface area contributed by atoms with Crippen LogP contribution in [-0.4, -0.2) is 27.8 Å². The molecule has 0 unspecified atom stereocenters. The molecule has 0 aliphatic heterocycles. The van der Waals surface area contributed by atoms with E-state index in [0.29, 0.717) is 5.69 Å². The number of aromatic nitrogens is 3. The summed E-state index contributed by atoms with van der Waals surface area (Å²) in [5.41, 5.74) is 6.64. The number of H-pyrrole nitrogens is 1. The number of ether oxygens (including phenoxy) is 1. The maximum atomic E-state index is 12.7. The zero-order valence-corrected chi connectivity index (χ0v) is 9.61. The van der Waals surface area contributed by atoms with Gasteiger partial charge in [0.1, 0.15) is 11.5 Å². The van der Waals surface area contributed by atoms with Crippen molar-refractivity contribution in [1.29, 1.82) is 0 Å². The molecular weight excluding hydrogens is 239 g/mol. The fourth-order valence-electron chi connectivity index (χ4n) is 1.42. The molecule has 6 nitrogen and oxygen atoms in total. The van der Waals surface area contributed by atoms with Crippen LogP contribution >= 0.6 is 0 Å². The van der Waals surface area contributed by atoms with Crippen LogP contribution in [0.2, 0.25) is 0 Å². The monoisotopic (exact) mass is 250 g/mol. The molecule has 7 heteroatoms. The summed E-state index contributed by atoms with van der Waals surface area (Å²) < 4.78 is 17.5. The van der Waals surface area contributed by atoms with Gasteiger partial charge in [-0.1, -0.05) is 0 Å². The molecule has 3 N–H and O–H groups in total. The molecular formula is C11H11FN4O2. The number of rotatable bonds is 3. The zero-order valence-electron chi connectivity index (χ0n) is 9.61. The summed E-state index contributed by atoms with van der Waals surface area (Å²) in [5, 5.41) is 6.37. The Morgan fingerprint density at radius 2 is 2.33 bits per heavy atom. The van der Waals surface area contributed by atoms with E-state index in [1.54, 1.807) is 6.92 Å². The highest BCUT2D eigenvalue weighted by Gasteiger charge is 2.19. The van der Waals surface area contributed by atoms with Crippen LogP contribution in [0.5, 0.6) is 0 Å². The quantitative estimate of drug-likeness (QED) is 0.802. The van der Waals surface area contributed by atoms with Crippen LogP contribution in [0.4, 0.5) is 10.1 Å². The van der Waals surface area contributed by atoms with Crippen LogP contribution in [0, 0.1) is 5.82 Å². The Morgan fingerprint density at radius 1 is 1.56 bits per heavy atom. The first-order valence-electron chi connectivity index (χ1n) is 5.26. The first-order valence-corrected chi connectivity index (χ1v) is 5.26. The van der Waals surface area contributed by atoms with Crippen molar-refractivity contribution >= 4 is 11.7 Å². The van der Waals surface area contributed by atoms with E-state index in [2.05, 4.69) is 15.2 Å². The Hall–Kier alpha value is -2.44. The molecule has 2 heterocycles.